The maximum Gasteiger partial charge on any atom is 0.319 e. The second kappa shape index (κ2) is 5.17. The number of carbonyl (C=O) groups excluding carboxylic acids is 1. The van der Waals surface area contributed by atoms with Crippen molar-refractivity contribution in [3.63, 3.8) is 0 Å². The Balaban J connectivity index is 1.83. The van der Waals surface area contributed by atoms with Gasteiger partial charge in [-0.1, -0.05) is 0 Å². The number of nitrogens with two attached hydrogens (primary N) is 1. The molecule has 0 aliphatic carbocycles. The molecule has 0 saturated carbocycles. The molecule has 0 bridgehead atoms. The van der Waals surface area contributed by atoms with E-state index in [0.717, 1.165) is 0 Å². The quantitative estimate of drug-likeness (QED) is 0.695. The van der Waals surface area contributed by atoms with Crippen molar-refractivity contribution >= 4 is 17.4 Å². The van der Waals surface area contributed by atoms with E-state index in [4.69, 9.17) is 5.73 Å². The van der Waals surface area contributed by atoms with Gasteiger partial charge in [-0.25, -0.2) is 9.78 Å². The third-order valence-corrected chi connectivity index (χ3v) is 2.22. The molecule has 0 saturated heterocycles. The molecule has 2 amide bonds. The molecule has 1 aromatic carbocycles. The van der Waals surface area contributed by atoms with Crippen LogP contribution in [-0.4, -0.2) is 20.8 Å². The van der Waals surface area contributed by atoms with E-state index in [1.165, 1.54) is 0 Å². The number of amides is 2. The first-order valence-electron chi connectivity index (χ1n) is 5.38. The summed E-state index contributed by atoms with van der Waals surface area (Å²) in [5, 5.41) is 9.38. The lowest BCUT2D eigenvalue weighted by molar-refractivity contribution is 0.251. The van der Waals surface area contributed by atoms with Crippen LogP contribution in [0.1, 0.15) is 5.82 Å². The fraction of sp³-hybridized carbons (Fsp3) is 0.182. The van der Waals surface area contributed by atoms with Gasteiger partial charge in [0, 0.05) is 18.4 Å². The van der Waals surface area contributed by atoms with Gasteiger partial charge in [0.2, 0.25) is 0 Å². The highest BCUT2D eigenvalue weighted by molar-refractivity contribution is 5.89. The molecule has 7 nitrogen and oxygen atoms in total. The molecule has 0 atom stereocenters. The van der Waals surface area contributed by atoms with Gasteiger partial charge in [0.15, 0.2) is 5.82 Å². The Morgan fingerprint density at radius 1 is 1.39 bits per heavy atom. The number of hydrogen-bond acceptors (Lipinski definition) is 4. The third kappa shape index (κ3) is 3.21. The largest absolute Gasteiger partial charge is 0.399 e. The lowest BCUT2D eigenvalue weighted by atomic mass is 10.3. The first-order chi connectivity index (χ1) is 8.63. The summed E-state index contributed by atoms with van der Waals surface area (Å²) in [6.45, 7) is 0.279. The van der Waals surface area contributed by atoms with Crippen LogP contribution in [0, 0.1) is 0 Å². The summed E-state index contributed by atoms with van der Waals surface area (Å²) < 4.78 is 1.58. The molecule has 1 heterocycles. The smallest absolute Gasteiger partial charge is 0.319 e. The average Bonchev–Trinajstić information content (AvgIpc) is 2.76. The number of rotatable bonds is 3. The summed E-state index contributed by atoms with van der Waals surface area (Å²) in [6.07, 6.45) is 1.58. The van der Waals surface area contributed by atoms with Gasteiger partial charge in [0.25, 0.3) is 0 Å². The number of hydrogen-bond donors (Lipinski definition) is 3. The number of aromatic nitrogens is 3. The van der Waals surface area contributed by atoms with Gasteiger partial charge in [-0.3, -0.25) is 4.68 Å². The third-order valence-electron chi connectivity index (χ3n) is 2.22. The summed E-state index contributed by atoms with van der Waals surface area (Å²) in [6, 6.07) is 6.58. The van der Waals surface area contributed by atoms with Gasteiger partial charge in [-0.15, -0.1) is 0 Å². The monoisotopic (exact) mass is 246 g/mol. The Morgan fingerprint density at radius 3 is 2.72 bits per heavy atom. The normalized spacial score (nSPS) is 10.1. The SMILES string of the molecule is Cn1cnc(CNC(=O)Nc2ccc(N)cc2)n1. The summed E-state index contributed by atoms with van der Waals surface area (Å²) in [5.74, 6) is 0.560. The summed E-state index contributed by atoms with van der Waals surface area (Å²) in [7, 11) is 1.77. The number of nitrogen functional groups attached to an aromatic ring is 1. The second-order valence-corrected chi connectivity index (χ2v) is 3.76. The minimum absolute atomic E-state index is 0.279. The molecule has 0 radical (unpaired) electrons. The predicted octanol–water partition coefficient (Wildman–Crippen LogP) is 0.719. The van der Waals surface area contributed by atoms with Gasteiger partial charge in [-0.05, 0) is 24.3 Å². The zero-order chi connectivity index (χ0) is 13.0. The number of benzene rings is 1. The highest BCUT2D eigenvalue weighted by Gasteiger charge is 2.03. The highest BCUT2D eigenvalue weighted by atomic mass is 16.2. The van der Waals surface area contributed by atoms with Crippen molar-refractivity contribution in [3.8, 4) is 0 Å². The predicted molar refractivity (Wildman–Crippen MR) is 67.7 cm³/mol. The van der Waals surface area contributed by atoms with Crippen LogP contribution < -0.4 is 16.4 Å². The highest BCUT2D eigenvalue weighted by Crippen LogP contribution is 2.09. The standard InChI is InChI=1S/C11H14N6O/c1-17-7-14-10(16-17)6-13-11(18)15-9-4-2-8(12)3-5-9/h2-5,7H,6,12H2,1H3,(H2,13,15,18). The van der Waals surface area contributed by atoms with Crippen LogP contribution >= 0.6 is 0 Å². The van der Waals surface area contributed by atoms with Crippen molar-refractivity contribution in [2.45, 2.75) is 6.54 Å². The van der Waals surface area contributed by atoms with E-state index >= 15 is 0 Å². The van der Waals surface area contributed by atoms with Crippen LogP contribution in [0.3, 0.4) is 0 Å². The van der Waals surface area contributed by atoms with Crippen molar-refractivity contribution in [2.24, 2.45) is 7.05 Å². The Morgan fingerprint density at radius 2 is 2.11 bits per heavy atom. The van der Waals surface area contributed by atoms with Crippen LogP contribution in [0.4, 0.5) is 16.2 Å². The molecule has 7 heteroatoms. The molecule has 0 fully saturated rings. The number of urea groups is 1. The fourth-order valence-electron chi connectivity index (χ4n) is 1.37. The molecule has 0 unspecified atom stereocenters. The number of anilines is 2. The lowest BCUT2D eigenvalue weighted by Gasteiger charge is -2.06. The second-order valence-electron chi connectivity index (χ2n) is 3.76. The van der Waals surface area contributed by atoms with Crippen molar-refractivity contribution in [1.29, 1.82) is 0 Å². The van der Waals surface area contributed by atoms with Crippen LogP contribution in [-0.2, 0) is 13.6 Å². The van der Waals surface area contributed by atoms with E-state index in [1.54, 1.807) is 42.3 Å². The molecule has 0 aliphatic rings. The van der Waals surface area contributed by atoms with E-state index in [0.29, 0.717) is 17.2 Å². The van der Waals surface area contributed by atoms with Crippen molar-refractivity contribution < 1.29 is 4.79 Å². The fourth-order valence-corrected chi connectivity index (χ4v) is 1.37. The van der Waals surface area contributed by atoms with Gasteiger partial charge in [0.05, 0.1) is 6.54 Å². The van der Waals surface area contributed by atoms with E-state index in [9.17, 15) is 4.79 Å². The van der Waals surface area contributed by atoms with Gasteiger partial charge >= 0.3 is 6.03 Å². The van der Waals surface area contributed by atoms with Crippen LogP contribution in [0.25, 0.3) is 0 Å². The van der Waals surface area contributed by atoms with Gasteiger partial charge < -0.3 is 16.4 Å². The maximum atomic E-state index is 11.6. The lowest BCUT2D eigenvalue weighted by Crippen LogP contribution is -2.28. The first-order valence-corrected chi connectivity index (χ1v) is 5.38. The zero-order valence-corrected chi connectivity index (χ0v) is 9.92. The van der Waals surface area contributed by atoms with Crippen molar-refractivity contribution in [3.05, 3.63) is 36.4 Å². The Hall–Kier alpha value is -2.57. The van der Waals surface area contributed by atoms with Gasteiger partial charge in [0.1, 0.15) is 6.33 Å². The number of carbonyl (C=O) groups is 1. The van der Waals surface area contributed by atoms with E-state index in [2.05, 4.69) is 20.7 Å². The minimum atomic E-state index is -0.313. The molecule has 4 N–H and O–H groups in total. The van der Waals surface area contributed by atoms with Crippen LogP contribution in [0.2, 0.25) is 0 Å². The van der Waals surface area contributed by atoms with E-state index < -0.39 is 0 Å². The number of nitrogens with one attached hydrogen (secondary N) is 2. The molecule has 2 rings (SSSR count). The number of aryl methyl sites for hydroxylation is 1. The molecule has 94 valence electrons. The average molecular weight is 246 g/mol. The molecule has 0 spiro atoms. The van der Waals surface area contributed by atoms with E-state index in [1.807, 2.05) is 0 Å². The van der Waals surface area contributed by atoms with Gasteiger partial charge in [-0.2, -0.15) is 5.10 Å². The Labute approximate surface area is 104 Å². The van der Waals surface area contributed by atoms with Crippen LogP contribution in [0.5, 0.6) is 0 Å². The van der Waals surface area contributed by atoms with Crippen molar-refractivity contribution in [2.75, 3.05) is 11.1 Å². The number of nitrogens with zero attached hydrogens (tertiary/aromatic N) is 3. The molecule has 1 aromatic heterocycles. The van der Waals surface area contributed by atoms with E-state index in [-0.39, 0.29) is 12.6 Å². The molecular weight excluding hydrogens is 232 g/mol. The summed E-state index contributed by atoms with van der Waals surface area (Å²) in [5.41, 5.74) is 6.88. The molecular formula is C11H14N6O. The molecule has 18 heavy (non-hydrogen) atoms. The minimum Gasteiger partial charge on any atom is -0.399 e. The molecule has 2 aromatic rings. The summed E-state index contributed by atoms with van der Waals surface area (Å²) in [4.78, 5) is 15.6. The van der Waals surface area contributed by atoms with Crippen molar-refractivity contribution in [1.82, 2.24) is 20.1 Å². The zero-order valence-electron chi connectivity index (χ0n) is 9.92. The Bertz CT molecular complexity index is 533. The summed E-state index contributed by atoms with van der Waals surface area (Å²) >= 11 is 0. The molecule has 0 aliphatic heterocycles. The topological polar surface area (TPSA) is 97.9 Å². The first kappa shape index (κ1) is 11.9. The van der Waals surface area contributed by atoms with Crippen LogP contribution in [0.15, 0.2) is 30.6 Å². The Kier molecular flexibility index (Phi) is 3.42. The maximum absolute atomic E-state index is 11.6.